The number of carbonyl (C=O) groups excluding carboxylic acids is 1. The number of rotatable bonds is 11. The Morgan fingerprint density at radius 3 is 1.82 bits per heavy atom. The summed E-state index contributed by atoms with van der Waals surface area (Å²) >= 11 is 0. The molecule has 2 rings (SSSR count). The Bertz CT molecular complexity index is 798. The molecule has 0 aromatic heterocycles. The van der Waals surface area contributed by atoms with E-state index in [0.29, 0.717) is 13.0 Å². The predicted molar refractivity (Wildman–Crippen MR) is 139 cm³/mol. The van der Waals surface area contributed by atoms with Gasteiger partial charge in [0.2, 0.25) is 0 Å². The van der Waals surface area contributed by atoms with Gasteiger partial charge in [0, 0.05) is 6.61 Å². The van der Waals surface area contributed by atoms with Gasteiger partial charge in [0.25, 0.3) is 8.32 Å². The maximum Gasteiger partial charge on any atom is 0.308 e. The van der Waals surface area contributed by atoms with Gasteiger partial charge < -0.3 is 14.3 Å². The van der Waals surface area contributed by atoms with Crippen molar-refractivity contribution in [1.29, 1.82) is 0 Å². The molecule has 0 amide bonds. The van der Waals surface area contributed by atoms with Crippen LogP contribution in [0.1, 0.15) is 73.6 Å². The van der Waals surface area contributed by atoms with Crippen LogP contribution in [0.4, 0.5) is 0 Å². The van der Waals surface area contributed by atoms with Crippen LogP contribution in [0.3, 0.4) is 0 Å². The fourth-order valence-corrected chi connectivity index (χ4v) is 8.93. The van der Waals surface area contributed by atoms with Gasteiger partial charge in [-0.2, -0.15) is 0 Å². The van der Waals surface area contributed by atoms with E-state index in [0.717, 1.165) is 19.3 Å². The van der Waals surface area contributed by atoms with Gasteiger partial charge in [0.15, 0.2) is 0 Å². The molecule has 33 heavy (non-hydrogen) atoms. The lowest BCUT2D eigenvalue weighted by Crippen LogP contribution is -2.66. The van der Waals surface area contributed by atoms with Crippen molar-refractivity contribution in [1.82, 2.24) is 0 Å². The van der Waals surface area contributed by atoms with Crippen molar-refractivity contribution in [2.24, 2.45) is 0 Å². The molecule has 1 unspecified atom stereocenters. The third-order valence-corrected chi connectivity index (χ3v) is 10.8. The second kappa shape index (κ2) is 12.0. The van der Waals surface area contributed by atoms with Crippen LogP contribution in [0.25, 0.3) is 0 Å². The average molecular weight is 471 g/mol. The Kier molecular flexibility index (Phi) is 9.89. The molecule has 0 aliphatic carbocycles. The first-order valence-corrected chi connectivity index (χ1v) is 14.0. The van der Waals surface area contributed by atoms with Crippen LogP contribution in [0.15, 0.2) is 60.7 Å². The van der Waals surface area contributed by atoms with E-state index in [2.05, 4.69) is 81.4 Å². The van der Waals surface area contributed by atoms with E-state index in [1.165, 1.54) is 10.4 Å². The molecular weight excluding hydrogens is 428 g/mol. The van der Waals surface area contributed by atoms with Crippen molar-refractivity contribution in [3.63, 3.8) is 0 Å². The number of ether oxygens (including phenoxy) is 1. The molecular formula is C28H42O4Si. The second-order valence-corrected chi connectivity index (χ2v) is 15.1. The fraction of sp³-hybridized carbons (Fsp3) is 0.536. The van der Waals surface area contributed by atoms with E-state index in [1.54, 1.807) is 0 Å². The normalized spacial score (nSPS) is 13.5. The maximum atomic E-state index is 11.9. The summed E-state index contributed by atoms with van der Waals surface area (Å²) in [7, 11) is -2.49. The molecule has 0 fully saturated rings. The smallest absolute Gasteiger partial charge is 0.308 e. The molecule has 1 atom stereocenters. The summed E-state index contributed by atoms with van der Waals surface area (Å²) in [5.41, 5.74) is -0.519. The first kappa shape index (κ1) is 27.3. The summed E-state index contributed by atoms with van der Waals surface area (Å²) in [5, 5.41) is 12.7. The average Bonchev–Trinajstić information content (AvgIpc) is 2.72. The summed E-state index contributed by atoms with van der Waals surface area (Å²) in [6.07, 6.45) is 2.72. The summed E-state index contributed by atoms with van der Waals surface area (Å²) in [6.45, 7) is 13.0. The lowest BCUT2D eigenvalue weighted by Gasteiger charge is -2.43. The zero-order chi connectivity index (χ0) is 24.5. The minimum absolute atomic E-state index is 0.0285. The van der Waals surface area contributed by atoms with Crippen molar-refractivity contribution < 1.29 is 19.1 Å². The zero-order valence-corrected chi connectivity index (χ0v) is 22.3. The van der Waals surface area contributed by atoms with Crippen LogP contribution in [0.2, 0.25) is 5.04 Å². The van der Waals surface area contributed by atoms with Gasteiger partial charge in [-0.25, -0.2) is 0 Å². The number of carbonyl (C=O) groups is 1. The van der Waals surface area contributed by atoms with Gasteiger partial charge in [0.05, 0.1) is 12.5 Å². The predicted octanol–water partition coefficient (Wildman–Crippen LogP) is 5.22. The fourth-order valence-electron chi connectivity index (χ4n) is 4.32. The van der Waals surface area contributed by atoms with Crippen molar-refractivity contribution in [2.75, 3.05) is 6.61 Å². The highest BCUT2D eigenvalue weighted by molar-refractivity contribution is 6.99. The van der Waals surface area contributed by atoms with Crippen LogP contribution in [-0.4, -0.2) is 37.7 Å². The van der Waals surface area contributed by atoms with Gasteiger partial charge in [-0.3, -0.25) is 4.79 Å². The molecule has 0 bridgehead atoms. The van der Waals surface area contributed by atoms with Gasteiger partial charge in [-0.1, -0.05) is 94.3 Å². The Balaban J connectivity index is 1.96. The molecule has 0 heterocycles. The molecule has 2 aromatic rings. The van der Waals surface area contributed by atoms with E-state index >= 15 is 0 Å². The lowest BCUT2D eigenvalue weighted by atomic mass is 10.1. The molecule has 2 aromatic carbocycles. The summed E-state index contributed by atoms with van der Waals surface area (Å²) < 4.78 is 12.2. The van der Waals surface area contributed by atoms with E-state index in [4.69, 9.17) is 9.16 Å². The molecule has 5 heteroatoms. The quantitative estimate of drug-likeness (QED) is 0.278. The molecule has 0 radical (unpaired) electrons. The number of aliphatic hydroxyl groups is 1. The second-order valence-electron chi connectivity index (χ2n) is 10.8. The summed E-state index contributed by atoms with van der Waals surface area (Å²) in [6, 6.07) is 21.3. The van der Waals surface area contributed by atoms with Crippen molar-refractivity contribution in [3.8, 4) is 0 Å². The molecule has 182 valence electrons. The molecule has 0 saturated heterocycles. The highest BCUT2D eigenvalue weighted by Gasteiger charge is 2.49. The highest BCUT2D eigenvalue weighted by atomic mass is 28.4. The zero-order valence-electron chi connectivity index (χ0n) is 21.3. The summed E-state index contributed by atoms with van der Waals surface area (Å²) in [4.78, 5) is 11.9. The van der Waals surface area contributed by atoms with Gasteiger partial charge >= 0.3 is 5.97 Å². The van der Waals surface area contributed by atoms with Crippen molar-refractivity contribution in [2.45, 2.75) is 90.4 Å². The molecule has 0 aliphatic heterocycles. The van der Waals surface area contributed by atoms with Crippen LogP contribution in [0, 0.1) is 0 Å². The van der Waals surface area contributed by atoms with Gasteiger partial charge in [-0.05, 0) is 49.0 Å². The lowest BCUT2D eigenvalue weighted by molar-refractivity contribution is -0.157. The third kappa shape index (κ3) is 8.09. The van der Waals surface area contributed by atoms with Crippen LogP contribution < -0.4 is 10.4 Å². The molecule has 1 N–H and O–H groups in total. The Morgan fingerprint density at radius 1 is 0.848 bits per heavy atom. The van der Waals surface area contributed by atoms with Crippen LogP contribution in [-0.2, 0) is 14.0 Å². The number of unbranched alkanes of at least 4 members (excludes halogenated alkanes) is 2. The van der Waals surface area contributed by atoms with E-state index in [1.807, 2.05) is 20.8 Å². The number of hydrogen-bond donors (Lipinski definition) is 1. The third-order valence-electron chi connectivity index (χ3n) is 5.74. The number of benzene rings is 2. The van der Waals surface area contributed by atoms with Crippen LogP contribution in [0.5, 0.6) is 0 Å². The van der Waals surface area contributed by atoms with Crippen LogP contribution >= 0.6 is 0 Å². The summed E-state index contributed by atoms with van der Waals surface area (Å²) in [5.74, 6) is -0.343. The number of hydrogen-bond acceptors (Lipinski definition) is 4. The largest absolute Gasteiger partial charge is 0.460 e. The Morgan fingerprint density at radius 2 is 1.36 bits per heavy atom. The first-order valence-electron chi connectivity index (χ1n) is 12.1. The van der Waals surface area contributed by atoms with Crippen molar-refractivity contribution >= 4 is 24.7 Å². The van der Waals surface area contributed by atoms with Crippen molar-refractivity contribution in [3.05, 3.63) is 60.7 Å². The van der Waals surface area contributed by atoms with E-state index in [-0.39, 0.29) is 17.4 Å². The van der Waals surface area contributed by atoms with Gasteiger partial charge in [-0.15, -0.1) is 0 Å². The number of esters is 1. The van der Waals surface area contributed by atoms with E-state index in [9.17, 15) is 9.90 Å². The molecule has 0 spiro atoms. The minimum Gasteiger partial charge on any atom is -0.460 e. The highest BCUT2D eigenvalue weighted by Crippen LogP contribution is 2.36. The van der Waals surface area contributed by atoms with E-state index < -0.39 is 20.0 Å². The standard InChI is InChI=1S/C28H42O4Si/c1-27(2,3)32-26(30)22-23(29)16-10-9-15-21-31-33(28(4,5)6,24-17-11-7-12-18-24)25-19-13-8-14-20-25/h7-8,11-14,17-20,23,29H,9-10,15-16,21-22H2,1-6H3. The minimum atomic E-state index is -2.49. The topological polar surface area (TPSA) is 55.8 Å². The SMILES string of the molecule is CC(C)(C)OC(=O)CC(O)CCCCCO[Si](c1ccccc1)(c1ccccc1)C(C)(C)C. The Hall–Kier alpha value is -1.95. The monoisotopic (exact) mass is 470 g/mol. The molecule has 0 aliphatic rings. The number of aliphatic hydroxyl groups excluding tert-OH is 1. The maximum absolute atomic E-state index is 11.9. The first-order chi connectivity index (χ1) is 15.5. The molecule has 0 saturated carbocycles. The Labute approximate surface area is 201 Å². The van der Waals surface area contributed by atoms with Gasteiger partial charge in [0.1, 0.15) is 5.60 Å². The molecule has 4 nitrogen and oxygen atoms in total.